The fourth-order valence-electron chi connectivity index (χ4n) is 1.98. The standard InChI is InChI=1S/C16H11F3N2O5S/c17-16(18,19)9-5-6-13(11(7-9)21(24)25)27-12-4-2-1-3-10(12)15(23)26-8-14(20)22/h1-7H,8H2,(H2,20,22). The monoisotopic (exact) mass is 400 g/mol. The fourth-order valence-corrected chi connectivity index (χ4v) is 3.00. The number of hydrogen-bond donors (Lipinski definition) is 1. The molecule has 2 aromatic rings. The van der Waals surface area contributed by atoms with Crippen LogP contribution in [0.25, 0.3) is 0 Å². The summed E-state index contributed by atoms with van der Waals surface area (Å²) in [7, 11) is 0. The van der Waals surface area contributed by atoms with Crippen LogP contribution in [0.4, 0.5) is 18.9 Å². The first-order valence-corrected chi connectivity index (χ1v) is 7.99. The second kappa shape index (κ2) is 8.08. The van der Waals surface area contributed by atoms with Crippen LogP contribution >= 0.6 is 11.8 Å². The van der Waals surface area contributed by atoms with E-state index in [-0.39, 0.29) is 15.4 Å². The highest BCUT2D eigenvalue weighted by molar-refractivity contribution is 7.99. The van der Waals surface area contributed by atoms with Crippen LogP contribution in [0.15, 0.2) is 52.3 Å². The molecule has 0 aliphatic carbocycles. The van der Waals surface area contributed by atoms with Crippen LogP contribution in [-0.2, 0) is 15.7 Å². The zero-order chi connectivity index (χ0) is 20.2. The number of primary amides is 1. The molecular weight excluding hydrogens is 389 g/mol. The number of esters is 1. The first-order chi connectivity index (χ1) is 12.6. The number of amides is 1. The lowest BCUT2D eigenvalue weighted by atomic mass is 10.2. The normalized spacial score (nSPS) is 11.1. The molecule has 0 atom stereocenters. The van der Waals surface area contributed by atoms with E-state index in [0.717, 1.165) is 17.8 Å². The lowest BCUT2D eigenvalue weighted by Gasteiger charge is -2.11. The molecule has 0 fully saturated rings. The van der Waals surface area contributed by atoms with Gasteiger partial charge in [-0.05, 0) is 24.3 Å². The third-order valence-electron chi connectivity index (χ3n) is 3.16. The quantitative estimate of drug-likeness (QED) is 0.452. The molecule has 1 amide bonds. The number of nitrogens with zero attached hydrogens (tertiary/aromatic N) is 1. The zero-order valence-corrected chi connectivity index (χ0v) is 14.2. The molecule has 7 nitrogen and oxygen atoms in total. The van der Waals surface area contributed by atoms with E-state index in [4.69, 9.17) is 10.5 Å². The molecule has 0 unspecified atom stereocenters. The molecule has 142 valence electrons. The Kier molecular flexibility index (Phi) is 6.05. The highest BCUT2D eigenvalue weighted by Crippen LogP contribution is 2.40. The molecule has 2 N–H and O–H groups in total. The minimum Gasteiger partial charge on any atom is -0.452 e. The smallest absolute Gasteiger partial charge is 0.416 e. The molecule has 0 aliphatic rings. The van der Waals surface area contributed by atoms with Gasteiger partial charge in [0.05, 0.1) is 20.9 Å². The van der Waals surface area contributed by atoms with Gasteiger partial charge in [0.25, 0.3) is 11.6 Å². The maximum absolute atomic E-state index is 12.8. The van der Waals surface area contributed by atoms with Crippen molar-refractivity contribution in [2.45, 2.75) is 16.0 Å². The van der Waals surface area contributed by atoms with Crippen LogP contribution in [0.1, 0.15) is 15.9 Å². The summed E-state index contributed by atoms with van der Waals surface area (Å²) in [6.45, 7) is -0.655. The minimum absolute atomic E-state index is 0.0158. The summed E-state index contributed by atoms with van der Waals surface area (Å²) in [5, 5.41) is 11.2. The fraction of sp³-hybridized carbons (Fsp3) is 0.125. The lowest BCUT2D eigenvalue weighted by molar-refractivity contribution is -0.388. The summed E-state index contributed by atoms with van der Waals surface area (Å²) >= 11 is 0.725. The van der Waals surface area contributed by atoms with E-state index < -0.39 is 40.8 Å². The van der Waals surface area contributed by atoms with Crippen LogP contribution in [0.5, 0.6) is 0 Å². The molecule has 11 heteroatoms. The number of hydrogen-bond acceptors (Lipinski definition) is 6. The summed E-state index contributed by atoms with van der Waals surface area (Å²) < 4.78 is 43.0. The van der Waals surface area contributed by atoms with E-state index in [1.807, 2.05) is 0 Å². The van der Waals surface area contributed by atoms with Gasteiger partial charge in [0.15, 0.2) is 6.61 Å². The SMILES string of the molecule is NC(=O)COC(=O)c1ccccc1Sc1ccc(C(F)(F)F)cc1[N+](=O)[O-]. The predicted octanol–water partition coefficient (Wildman–Crippen LogP) is 3.41. The first kappa shape index (κ1) is 20.2. The van der Waals surface area contributed by atoms with Gasteiger partial charge in [-0.3, -0.25) is 14.9 Å². The maximum atomic E-state index is 12.8. The molecule has 0 heterocycles. The minimum atomic E-state index is -4.73. The largest absolute Gasteiger partial charge is 0.452 e. The van der Waals surface area contributed by atoms with E-state index in [2.05, 4.69) is 0 Å². The molecule has 0 saturated heterocycles. The van der Waals surface area contributed by atoms with Crippen LogP contribution < -0.4 is 5.73 Å². The number of nitro groups is 1. The molecule has 0 saturated carbocycles. The maximum Gasteiger partial charge on any atom is 0.416 e. The van der Waals surface area contributed by atoms with E-state index in [9.17, 15) is 32.9 Å². The van der Waals surface area contributed by atoms with Gasteiger partial charge in [-0.1, -0.05) is 23.9 Å². The number of rotatable bonds is 6. The van der Waals surface area contributed by atoms with Gasteiger partial charge in [0.1, 0.15) is 0 Å². The van der Waals surface area contributed by atoms with Crippen LogP contribution in [0.3, 0.4) is 0 Å². The highest BCUT2D eigenvalue weighted by Gasteiger charge is 2.33. The molecular formula is C16H11F3N2O5S. The van der Waals surface area contributed by atoms with E-state index in [0.29, 0.717) is 12.1 Å². The van der Waals surface area contributed by atoms with Crippen molar-refractivity contribution >= 4 is 29.3 Å². The third kappa shape index (κ3) is 5.20. The second-order valence-corrected chi connectivity index (χ2v) is 6.16. The average Bonchev–Trinajstić information content (AvgIpc) is 2.59. The van der Waals surface area contributed by atoms with E-state index in [1.165, 1.54) is 24.3 Å². The van der Waals surface area contributed by atoms with E-state index >= 15 is 0 Å². The van der Waals surface area contributed by atoms with Crippen molar-refractivity contribution in [1.29, 1.82) is 0 Å². The number of benzene rings is 2. The Bertz CT molecular complexity index is 902. The Morgan fingerprint density at radius 2 is 1.81 bits per heavy atom. The van der Waals surface area contributed by atoms with Gasteiger partial charge in [0, 0.05) is 11.0 Å². The predicted molar refractivity (Wildman–Crippen MR) is 88.1 cm³/mol. The Morgan fingerprint density at radius 3 is 2.41 bits per heavy atom. The Hall–Kier alpha value is -3.08. The molecule has 0 aromatic heterocycles. The first-order valence-electron chi connectivity index (χ1n) is 7.17. The Morgan fingerprint density at radius 1 is 1.15 bits per heavy atom. The van der Waals surface area contributed by atoms with Gasteiger partial charge < -0.3 is 10.5 Å². The Balaban J connectivity index is 2.39. The van der Waals surface area contributed by atoms with Crippen molar-refractivity contribution in [3.8, 4) is 0 Å². The summed E-state index contributed by atoms with van der Waals surface area (Å²) in [5.74, 6) is -1.77. The van der Waals surface area contributed by atoms with Crippen molar-refractivity contribution < 1.29 is 32.4 Å². The number of nitrogens with two attached hydrogens (primary N) is 1. The zero-order valence-electron chi connectivity index (χ0n) is 13.4. The molecule has 0 aliphatic heterocycles. The number of alkyl halides is 3. The summed E-state index contributed by atoms with van der Waals surface area (Å²) in [6.07, 6.45) is -4.73. The molecule has 0 radical (unpaired) electrons. The van der Waals surface area contributed by atoms with Crippen molar-refractivity contribution in [2.75, 3.05) is 6.61 Å². The van der Waals surface area contributed by atoms with Gasteiger partial charge in [-0.2, -0.15) is 13.2 Å². The number of ether oxygens (including phenoxy) is 1. The summed E-state index contributed by atoms with van der Waals surface area (Å²) in [6, 6.07) is 7.90. The topological polar surface area (TPSA) is 113 Å². The summed E-state index contributed by atoms with van der Waals surface area (Å²) in [4.78, 5) is 33.1. The highest BCUT2D eigenvalue weighted by atomic mass is 32.2. The van der Waals surface area contributed by atoms with Crippen molar-refractivity contribution in [2.24, 2.45) is 5.73 Å². The molecule has 2 rings (SSSR count). The van der Waals surface area contributed by atoms with Crippen molar-refractivity contribution in [1.82, 2.24) is 0 Å². The molecule has 2 aromatic carbocycles. The molecule has 27 heavy (non-hydrogen) atoms. The number of carbonyl (C=O) groups excluding carboxylic acids is 2. The summed E-state index contributed by atoms with van der Waals surface area (Å²) in [5.41, 5.74) is 2.96. The molecule has 0 spiro atoms. The van der Waals surface area contributed by atoms with Gasteiger partial charge in [-0.25, -0.2) is 4.79 Å². The van der Waals surface area contributed by atoms with Crippen LogP contribution in [-0.4, -0.2) is 23.4 Å². The molecule has 0 bridgehead atoms. The van der Waals surface area contributed by atoms with Gasteiger partial charge in [0.2, 0.25) is 0 Å². The van der Waals surface area contributed by atoms with E-state index in [1.54, 1.807) is 0 Å². The third-order valence-corrected chi connectivity index (χ3v) is 4.30. The Labute approximate surface area is 154 Å². The van der Waals surface area contributed by atoms with Crippen molar-refractivity contribution in [3.63, 3.8) is 0 Å². The lowest BCUT2D eigenvalue weighted by Crippen LogP contribution is -2.21. The van der Waals surface area contributed by atoms with Gasteiger partial charge in [-0.15, -0.1) is 0 Å². The van der Waals surface area contributed by atoms with Crippen LogP contribution in [0.2, 0.25) is 0 Å². The number of halogens is 3. The van der Waals surface area contributed by atoms with Gasteiger partial charge >= 0.3 is 12.1 Å². The average molecular weight is 400 g/mol. The second-order valence-electron chi connectivity index (χ2n) is 5.08. The van der Waals surface area contributed by atoms with Crippen molar-refractivity contribution in [3.05, 3.63) is 63.7 Å². The number of nitro benzene ring substituents is 1. The number of carbonyl (C=O) groups is 2. The van der Waals surface area contributed by atoms with Crippen LogP contribution in [0, 0.1) is 10.1 Å².